The second-order valence-corrected chi connectivity index (χ2v) is 11.6. The molecule has 1 nitrogen and oxygen atoms in total. The minimum atomic E-state index is -0.403. The lowest BCUT2D eigenvalue weighted by molar-refractivity contribution is 0.377. The van der Waals surface area contributed by atoms with Crippen LogP contribution >= 0.6 is 7.26 Å². The standard InChI is InChI=1S/C17H33NP/c1-7-13(3)9-14(4)15(8-2)11-19-12-17(19)16(19)10-18(5)6/h7,14-17H,8-12H2,1-6H3/q+1. The summed E-state index contributed by atoms with van der Waals surface area (Å²) < 4.78 is 0. The molecule has 5 atom stereocenters. The van der Waals surface area contributed by atoms with Crippen LogP contribution in [-0.2, 0) is 0 Å². The minimum absolute atomic E-state index is 0.403. The summed E-state index contributed by atoms with van der Waals surface area (Å²) in [5.74, 6) is 1.87. The van der Waals surface area contributed by atoms with Gasteiger partial charge in [-0.1, -0.05) is 25.5 Å². The third-order valence-corrected chi connectivity index (χ3v) is 10.8. The van der Waals surface area contributed by atoms with Gasteiger partial charge in [0.05, 0.1) is 6.16 Å². The van der Waals surface area contributed by atoms with Gasteiger partial charge in [0.2, 0.25) is 0 Å². The summed E-state index contributed by atoms with van der Waals surface area (Å²) in [6, 6.07) is 0. The number of fused-ring (bicyclic) bond motifs is 1. The van der Waals surface area contributed by atoms with Crippen molar-refractivity contribution in [3.63, 3.8) is 0 Å². The highest BCUT2D eigenvalue weighted by atomic mass is 31.2. The van der Waals surface area contributed by atoms with Gasteiger partial charge in [-0.05, 0) is 52.6 Å². The predicted octanol–water partition coefficient (Wildman–Crippen LogP) is 4.35. The Kier molecular flexibility index (Phi) is 4.79. The maximum Gasteiger partial charge on any atom is 0.141 e. The normalized spacial score (nSPS) is 36.1. The Bertz CT molecular complexity index is 349. The summed E-state index contributed by atoms with van der Waals surface area (Å²) in [5, 5.41) is 0. The summed E-state index contributed by atoms with van der Waals surface area (Å²) in [7, 11) is 4.08. The van der Waals surface area contributed by atoms with Crippen molar-refractivity contribution in [2.24, 2.45) is 11.8 Å². The highest BCUT2D eigenvalue weighted by molar-refractivity contribution is 7.92. The van der Waals surface area contributed by atoms with Crippen LogP contribution < -0.4 is 0 Å². The van der Waals surface area contributed by atoms with E-state index in [1.807, 2.05) is 0 Å². The molecule has 5 unspecified atom stereocenters. The summed E-state index contributed by atoms with van der Waals surface area (Å²) in [6.45, 7) is 10.7. The van der Waals surface area contributed by atoms with E-state index in [-0.39, 0.29) is 0 Å². The van der Waals surface area contributed by atoms with Gasteiger partial charge >= 0.3 is 0 Å². The fraction of sp³-hybridized carbons (Fsp3) is 0.882. The lowest BCUT2D eigenvalue weighted by atomic mass is 9.88. The Morgan fingerprint density at radius 1 is 1.42 bits per heavy atom. The van der Waals surface area contributed by atoms with Crippen LogP contribution in [0.15, 0.2) is 11.6 Å². The van der Waals surface area contributed by atoms with Crippen LogP contribution in [0.5, 0.6) is 0 Å². The van der Waals surface area contributed by atoms with Crippen molar-refractivity contribution in [3.8, 4) is 0 Å². The first-order valence-corrected chi connectivity index (χ1v) is 10.4. The molecule has 19 heavy (non-hydrogen) atoms. The molecule has 0 saturated carbocycles. The van der Waals surface area contributed by atoms with E-state index in [1.54, 1.807) is 17.9 Å². The molecule has 110 valence electrons. The average Bonchev–Trinajstić information content (AvgIpc) is 3.21. The van der Waals surface area contributed by atoms with E-state index in [4.69, 9.17) is 0 Å². The average molecular weight is 282 g/mol. The third-order valence-electron chi connectivity index (χ3n) is 5.66. The van der Waals surface area contributed by atoms with Gasteiger partial charge < -0.3 is 4.90 Å². The molecule has 0 spiro atoms. The molecule has 0 radical (unpaired) electrons. The van der Waals surface area contributed by atoms with Crippen molar-refractivity contribution in [1.82, 2.24) is 4.90 Å². The first-order valence-electron chi connectivity index (χ1n) is 8.07. The van der Waals surface area contributed by atoms with Crippen LogP contribution in [-0.4, -0.2) is 49.2 Å². The van der Waals surface area contributed by atoms with Crippen molar-refractivity contribution in [3.05, 3.63) is 11.6 Å². The molecule has 2 heteroatoms. The van der Waals surface area contributed by atoms with E-state index in [0.29, 0.717) is 0 Å². The first kappa shape index (κ1) is 15.5. The van der Waals surface area contributed by atoms with Gasteiger partial charge in [0.25, 0.3) is 0 Å². The van der Waals surface area contributed by atoms with E-state index in [1.165, 1.54) is 25.0 Å². The molecule has 2 aliphatic heterocycles. The second-order valence-electron chi connectivity index (χ2n) is 7.35. The monoisotopic (exact) mass is 282 g/mol. The Hall–Kier alpha value is 0.130. The van der Waals surface area contributed by atoms with E-state index in [2.05, 4.69) is 52.8 Å². The molecular formula is C17H33NP+. The first-order chi connectivity index (χ1) is 8.94. The molecule has 2 aliphatic rings. The summed E-state index contributed by atoms with van der Waals surface area (Å²) in [5.41, 5.74) is 3.93. The van der Waals surface area contributed by atoms with Gasteiger partial charge in [0, 0.05) is 13.8 Å². The Morgan fingerprint density at radius 2 is 2.11 bits per heavy atom. The SMILES string of the molecule is CC=C(C)CC(C)C(CC)C[P+]12CC1C2CN(C)C. The zero-order valence-electron chi connectivity index (χ0n) is 13.8. The van der Waals surface area contributed by atoms with Crippen LogP contribution in [0.25, 0.3) is 0 Å². The van der Waals surface area contributed by atoms with Crippen LogP contribution in [0.1, 0.15) is 40.5 Å². The molecule has 0 amide bonds. The fourth-order valence-corrected chi connectivity index (χ4v) is 10.1. The number of allylic oxidation sites excluding steroid dienone is 2. The van der Waals surface area contributed by atoms with Crippen molar-refractivity contribution < 1.29 is 0 Å². The van der Waals surface area contributed by atoms with E-state index in [0.717, 1.165) is 17.5 Å². The third kappa shape index (κ3) is 3.24. The molecule has 0 aromatic rings. The van der Waals surface area contributed by atoms with Crippen LogP contribution in [0.2, 0.25) is 0 Å². The van der Waals surface area contributed by atoms with Gasteiger partial charge in [0.1, 0.15) is 17.5 Å². The highest BCUT2D eigenvalue weighted by Gasteiger charge is 2.89. The topological polar surface area (TPSA) is 3.24 Å². The number of rotatable bonds is 8. The fourth-order valence-electron chi connectivity index (χ4n) is 3.95. The van der Waals surface area contributed by atoms with Gasteiger partial charge in [-0.3, -0.25) is 0 Å². The lowest BCUT2D eigenvalue weighted by Gasteiger charge is -2.22. The molecule has 2 heterocycles. The van der Waals surface area contributed by atoms with Gasteiger partial charge in [-0.15, -0.1) is 0 Å². The molecule has 0 aromatic carbocycles. The van der Waals surface area contributed by atoms with Crippen molar-refractivity contribution >= 4 is 7.26 Å². The lowest BCUT2D eigenvalue weighted by Crippen LogP contribution is -2.23. The molecule has 2 rings (SSSR count). The van der Waals surface area contributed by atoms with Gasteiger partial charge in [0.15, 0.2) is 0 Å². The molecule has 0 N–H and O–H groups in total. The van der Waals surface area contributed by atoms with Crippen molar-refractivity contribution in [1.29, 1.82) is 0 Å². The largest absolute Gasteiger partial charge is 0.305 e. The summed E-state index contributed by atoms with van der Waals surface area (Å²) >= 11 is 0. The van der Waals surface area contributed by atoms with Gasteiger partial charge in [-0.25, -0.2) is 0 Å². The predicted molar refractivity (Wildman–Crippen MR) is 89.8 cm³/mol. The van der Waals surface area contributed by atoms with Crippen molar-refractivity contribution in [2.45, 2.75) is 51.9 Å². The molecule has 0 bridgehead atoms. The molecule has 2 fully saturated rings. The van der Waals surface area contributed by atoms with E-state index < -0.39 is 7.26 Å². The maximum absolute atomic E-state index is 2.49. The Balaban J connectivity index is 1.84. The zero-order valence-corrected chi connectivity index (χ0v) is 14.7. The number of hydrogen-bond acceptors (Lipinski definition) is 1. The van der Waals surface area contributed by atoms with Crippen molar-refractivity contribution in [2.75, 3.05) is 33.0 Å². The van der Waals surface area contributed by atoms with Crippen LogP contribution in [0.3, 0.4) is 0 Å². The summed E-state index contributed by atoms with van der Waals surface area (Å²) in [4.78, 5) is 2.41. The number of nitrogens with zero attached hydrogens (tertiary/aromatic N) is 1. The van der Waals surface area contributed by atoms with E-state index in [9.17, 15) is 0 Å². The van der Waals surface area contributed by atoms with Crippen LogP contribution in [0, 0.1) is 11.8 Å². The van der Waals surface area contributed by atoms with Gasteiger partial charge in [-0.2, -0.15) is 0 Å². The smallest absolute Gasteiger partial charge is 0.141 e. The van der Waals surface area contributed by atoms with Crippen LogP contribution in [0.4, 0.5) is 0 Å². The quantitative estimate of drug-likeness (QED) is 0.472. The highest BCUT2D eigenvalue weighted by Crippen LogP contribution is 2.99. The number of hydrogen-bond donors (Lipinski definition) is 0. The molecule has 0 aliphatic carbocycles. The minimum Gasteiger partial charge on any atom is -0.305 e. The second kappa shape index (κ2) is 5.86. The Labute approximate surface area is 121 Å². The molecule has 0 aromatic heterocycles. The molecule has 2 saturated heterocycles. The molecular weight excluding hydrogens is 249 g/mol. The van der Waals surface area contributed by atoms with E-state index >= 15 is 0 Å². The zero-order chi connectivity index (χ0) is 14.2. The summed E-state index contributed by atoms with van der Waals surface area (Å²) in [6.07, 6.45) is 8.27. The maximum atomic E-state index is 2.49. The Morgan fingerprint density at radius 3 is 2.58 bits per heavy atom.